The van der Waals surface area contributed by atoms with Gasteiger partial charge in [0.15, 0.2) is 4.80 Å². The van der Waals surface area contributed by atoms with Gasteiger partial charge in [-0.3, -0.25) is 4.79 Å². The van der Waals surface area contributed by atoms with Gasteiger partial charge in [-0.05, 0) is 24.3 Å². The van der Waals surface area contributed by atoms with Gasteiger partial charge in [0.25, 0.3) is 5.91 Å². The van der Waals surface area contributed by atoms with E-state index in [-0.39, 0.29) is 0 Å². The Labute approximate surface area is 164 Å². The van der Waals surface area contributed by atoms with Gasteiger partial charge in [-0.1, -0.05) is 50.5 Å². The van der Waals surface area contributed by atoms with Crippen LogP contribution in [0.4, 0.5) is 0 Å². The number of carbonyl (C=O) groups excluding carboxylic acids is 1. The molecule has 3 aromatic rings. The number of benzene rings is 1. The summed E-state index contributed by atoms with van der Waals surface area (Å²) in [7, 11) is 1.64. The molecule has 0 fully saturated rings. The molecular formula is C15H11BrCl2N2O2S2. The van der Waals surface area contributed by atoms with Crippen molar-refractivity contribution in [3.63, 3.8) is 0 Å². The molecule has 126 valence electrons. The maximum Gasteiger partial charge on any atom is 0.282 e. The zero-order chi connectivity index (χ0) is 17.3. The van der Waals surface area contributed by atoms with Crippen molar-refractivity contribution in [3.05, 3.63) is 47.8 Å². The molecule has 24 heavy (non-hydrogen) atoms. The SMILES string of the molecule is COCCn1c(=NC(=O)c2cc(Cl)sc2Cl)sc2cc(Br)ccc21. The van der Waals surface area contributed by atoms with Crippen molar-refractivity contribution in [2.45, 2.75) is 6.54 Å². The molecule has 0 aliphatic rings. The number of carbonyl (C=O) groups is 1. The molecule has 2 heterocycles. The summed E-state index contributed by atoms with van der Waals surface area (Å²) in [6.07, 6.45) is 0. The Hall–Kier alpha value is -0.700. The zero-order valence-electron chi connectivity index (χ0n) is 12.4. The van der Waals surface area contributed by atoms with E-state index in [1.54, 1.807) is 13.2 Å². The van der Waals surface area contributed by atoms with Gasteiger partial charge in [-0.25, -0.2) is 0 Å². The van der Waals surface area contributed by atoms with Crippen LogP contribution >= 0.6 is 61.8 Å². The third-order valence-electron chi connectivity index (χ3n) is 3.25. The maximum atomic E-state index is 12.5. The lowest BCUT2D eigenvalue weighted by molar-refractivity contribution is 0.0998. The number of aromatic nitrogens is 1. The molecule has 1 aromatic carbocycles. The number of thiophene rings is 1. The number of nitrogens with zero attached hydrogens (tertiary/aromatic N) is 2. The smallest absolute Gasteiger partial charge is 0.282 e. The number of methoxy groups -OCH3 is 1. The van der Waals surface area contributed by atoms with Crippen LogP contribution < -0.4 is 4.80 Å². The van der Waals surface area contributed by atoms with Gasteiger partial charge in [0.05, 0.1) is 26.7 Å². The van der Waals surface area contributed by atoms with Gasteiger partial charge in [0.1, 0.15) is 4.34 Å². The third-order valence-corrected chi connectivity index (χ3v) is 6.27. The monoisotopic (exact) mass is 464 g/mol. The average molecular weight is 466 g/mol. The normalized spacial score (nSPS) is 12.2. The summed E-state index contributed by atoms with van der Waals surface area (Å²) in [5.74, 6) is -0.403. The van der Waals surface area contributed by atoms with Crippen molar-refractivity contribution in [1.82, 2.24) is 4.57 Å². The summed E-state index contributed by atoms with van der Waals surface area (Å²) in [5, 5.41) is 0. The Morgan fingerprint density at radius 2 is 2.12 bits per heavy atom. The summed E-state index contributed by atoms with van der Waals surface area (Å²) < 4.78 is 9.95. The highest BCUT2D eigenvalue weighted by Crippen LogP contribution is 2.31. The fraction of sp³-hybridized carbons (Fsp3) is 0.200. The largest absolute Gasteiger partial charge is 0.383 e. The molecule has 0 unspecified atom stereocenters. The minimum absolute atomic E-state index is 0.323. The number of halogens is 3. The Morgan fingerprint density at radius 1 is 1.33 bits per heavy atom. The van der Waals surface area contributed by atoms with Crippen LogP contribution in [-0.2, 0) is 11.3 Å². The third kappa shape index (κ3) is 3.76. The first-order valence-corrected chi connectivity index (χ1v) is 9.99. The van der Waals surface area contributed by atoms with Crippen LogP contribution in [0.25, 0.3) is 10.2 Å². The van der Waals surface area contributed by atoms with E-state index in [2.05, 4.69) is 20.9 Å². The van der Waals surface area contributed by atoms with Gasteiger partial charge in [-0.2, -0.15) is 4.99 Å². The Bertz CT molecular complexity index is 978. The number of fused-ring (bicyclic) bond motifs is 1. The number of hydrogen-bond donors (Lipinski definition) is 0. The van der Waals surface area contributed by atoms with Gasteiger partial charge in [-0.15, -0.1) is 11.3 Å². The lowest BCUT2D eigenvalue weighted by atomic mass is 10.3. The second-order valence-electron chi connectivity index (χ2n) is 4.80. The van der Waals surface area contributed by atoms with E-state index in [1.807, 2.05) is 22.8 Å². The Balaban J connectivity index is 2.13. The molecule has 0 bridgehead atoms. The van der Waals surface area contributed by atoms with Crippen molar-refractivity contribution >= 4 is 77.9 Å². The van der Waals surface area contributed by atoms with Crippen molar-refractivity contribution in [3.8, 4) is 0 Å². The van der Waals surface area contributed by atoms with Crippen LogP contribution in [0.2, 0.25) is 8.67 Å². The highest BCUT2D eigenvalue weighted by molar-refractivity contribution is 9.10. The molecule has 0 radical (unpaired) electrons. The molecule has 0 aliphatic carbocycles. The van der Waals surface area contributed by atoms with Crippen LogP contribution in [-0.4, -0.2) is 24.2 Å². The van der Waals surface area contributed by atoms with E-state index < -0.39 is 5.91 Å². The molecule has 0 aliphatic heterocycles. The Morgan fingerprint density at radius 3 is 2.79 bits per heavy atom. The molecule has 0 spiro atoms. The molecule has 0 saturated heterocycles. The van der Waals surface area contributed by atoms with Crippen LogP contribution in [0, 0.1) is 0 Å². The number of thiazole rings is 1. The summed E-state index contributed by atoms with van der Waals surface area (Å²) in [5.41, 5.74) is 1.32. The zero-order valence-corrected chi connectivity index (χ0v) is 17.1. The van der Waals surface area contributed by atoms with Gasteiger partial charge < -0.3 is 9.30 Å². The van der Waals surface area contributed by atoms with E-state index >= 15 is 0 Å². The first-order chi connectivity index (χ1) is 11.5. The number of ether oxygens (including phenoxy) is 1. The van der Waals surface area contributed by atoms with E-state index in [4.69, 9.17) is 27.9 Å². The fourth-order valence-corrected chi connectivity index (χ4v) is 5.22. The lowest BCUT2D eigenvalue weighted by Gasteiger charge is -2.04. The minimum atomic E-state index is -0.403. The molecule has 3 rings (SSSR count). The molecule has 4 nitrogen and oxygen atoms in total. The van der Waals surface area contributed by atoms with Gasteiger partial charge in [0.2, 0.25) is 0 Å². The van der Waals surface area contributed by atoms with Gasteiger partial charge >= 0.3 is 0 Å². The predicted molar refractivity (Wildman–Crippen MR) is 104 cm³/mol. The van der Waals surface area contributed by atoms with Crippen LogP contribution in [0.3, 0.4) is 0 Å². The topological polar surface area (TPSA) is 43.6 Å². The van der Waals surface area contributed by atoms with Crippen LogP contribution in [0.15, 0.2) is 33.7 Å². The van der Waals surface area contributed by atoms with Crippen molar-refractivity contribution in [2.24, 2.45) is 4.99 Å². The average Bonchev–Trinajstić information content (AvgIpc) is 3.04. The molecule has 0 saturated carbocycles. The van der Waals surface area contributed by atoms with Crippen molar-refractivity contribution in [2.75, 3.05) is 13.7 Å². The van der Waals surface area contributed by atoms with E-state index in [0.29, 0.717) is 32.2 Å². The standard InChI is InChI=1S/C15H11BrCl2N2O2S2/c1-22-5-4-20-10-3-2-8(16)6-11(10)23-15(20)19-14(21)9-7-12(17)24-13(9)18/h2-3,6-7H,4-5H2,1H3. The maximum absolute atomic E-state index is 12.5. The summed E-state index contributed by atoms with van der Waals surface area (Å²) in [6.45, 7) is 1.12. The highest BCUT2D eigenvalue weighted by Gasteiger charge is 2.15. The second-order valence-corrected chi connectivity index (χ2v) is 9.01. The van der Waals surface area contributed by atoms with Crippen LogP contribution in [0.1, 0.15) is 10.4 Å². The quantitative estimate of drug-likeness (QED) is 0.530. The highest BCUT2D eigenvalue weighted by atomic mass is 79.9. The molecule has 0 N–H and O–H groups in total. The van der Waals surface area contributed by atoms with E-state index in [0.717, 1.165) is 26.0 Å². The van der Waals surface area contributed by atoms with Crippen molar-refractivity contribution < 1.29 is 9.53 Å². The molecule has 2 aromatic heterocycles. The molecule has 9 heteroatoms. The predicted octanol–water partition coefficient (Wildman–Crippen LogP) is 5.22. The van der Waals surface area contributed by atoms with Crippen LogP contribution in [0.5, 0.6) is 0 Å². The van der Waals surface area contributed by atoms with Gasteiger partial charge in [0, 0.05) is 18.1 Å². The number of amides is 1. The first-order valence-electron chi connectivity index (χ1n) is 6.81. The lowest BCUT2D eigenvalue weighted by Crippen LogP contribution is -2.19. The fourth-order valence-electron chi connectivity index (χ4n) is 2.16. The molecule has 0 atom stereocenters. The number of hydrogen-bond acceptors (Lipinski definition) is 4. The summed E-state index contributed by atoms with van der Waals surface area (Å²) in [4.78, 5) is 17.3. The summed E-state index contributed by atoms with van der Waals surface area (Å²) >= 11 is 18.0. The summed E-state index contributed by atoms with van der Waals surface area (Å²) in [6, 6.07) is 7.49. The number of rotatable bonds is 4. The minimum Gasteiger partial charge on any atom is -0.383 e. The molecular weight excluding hydrogens is 455 g/mol. The molecule has 1 amide bonds. The second kappa shape index (κ2) is 7.68. The first kappa shape index (κ1) is 18.1. The Kier molecular flexibility index (Phi) is 5.79. The van der Waals surface area contributed by atoms with Crippen molar-refractivity contribution in [1.29, 1.82) is 0 Å². The van der Waals surface area contributed by atoms with E-state index in [9.17, 15) is 4.79 Å². The van der Waals surface area contributed by atoms with E-state index in [1.165, 1.54) is 11.3 Å².